The van der Waals surface area contributed by atoms with Gasteiger partial charge in [0.25, 0.3) is 5.91 Å². The third-order valence-corrected chi connectivity index (χ3v) is 12.8. The van der Waals surface area contributed by atoms with Gasteiger partial charge in [-0.3, -0.25) is 19.1 Å². The van der Waals surface area contributed by atoms with E-state index in [1.54, 1.807) is 32.0 Å². The maximum absolute atomic E-state index is 14.3. The molecule has 2 saturated carbocycles. The highest BCUT2D eigenvalue weighted by atomic mass is 32.2. The van der Waals surface area contributed by atoms with Crippen LogP contribution in [-0.2, 0) is 24.4 Å². The molecule has 1 aromatic heterocycles. The summed E-state index contributed by atoms with van der Waals surface area (Å²) >= 11 is 0. The van der Waals surface area contributed by atoms with Gasteiger partial charge in [-0.25, -0.2) is 13.2 Å². The first-order chi connectivity index (χ1) is 23.7. The summed E-state index contributed by atoms with van der Waals surface area (Å²) in [5.41, 5.74) is -1.55. The number of amides is 4. The van der Waals surface area contributed by atoms with E-state index in [9.17, 15) is 32.7 Å². The molecule has 7 atom stereocenters. The van der Waals surface area contributed by atoms with E-state index in [4.69, 9.17) is 9.47 Å². The van der Waals surface area contributed by atoms with Crippen molar-refractivity contribution in [1.29, 1.82) is 0 Å². The van der Waals surface area contributed by atoms with E-state index in [0.717, 1.165) is 6.42 Å². The van der Waals surface area contributed by atoms with E-state index in [1.165, 1.54) is 12.0 Å². The van der Waals surface area contributed by atoms with Gasteiger partial charge in [-0.05, 0) is 69.4 Å². The second-order valence-electron chi connectivity index (χ2n) is 14.4. The fourth-order valence-corrected chi connectivity index (χ4v) is 8.49. The number of rotatable bonds is 7. The molecule has 2 aliphatic carbocycles. The van der Waals surface area contributed by atoms with Crippen molar-refractivity contribution in [1.82, 2.24) is 30.5 Å². The summed E-state index contributed by atoms with van der Waals surface area (Å²) in [7, 11) is -2.53. The van der Waals surface area contributed by atoms with Crippen LogP contribution in [0.4, 0.5) is 4.79 Å². The molecule has 4 N–H and O–H groups in total. The van der Waals surface area contributed by atoms with Crippen LogP contribution in [0.25, 0.3) is 10.8 Å². The first-order valence-electron chi connectivity index (χ1n) is 17.0. The lowest BCUT2D eigenvalue weighted by atomic mass is 9.88. The number of carboxylic acid groups (broad SMARTS) is 1. The van der Waals surface area contributed by atoms with Crippen molar-refractivity contribution >= 4 is 44.6 Å². The predicted molar refractivity (Wildman–Crippen MR) is 181 cm³/mol. The number of carbonyl (C=O) groups excluding carboxylic acids is 3. The van der Waals surface area contributed by atoms with Crippen LogP contribution in [0.1, 0.15) is 65.7 Å². The highest BCUT2D eigenvalue weighted by Crippen LogP contribution is 2.47. The van der Waals surface area contributed by atoms with E-state index in [-0.39, 0.29) is 31.2 Å². The Bertz CT molecular complexity index is 1830. The minimum absolute atomic E-state index is 0.0151. The van der Waals surface area contributed by atoms with Crippen LogP contribution in [-0.4, -0.2) is 94.6 Å². The monoisotopic (exact) mass is 712 g/mol. The number of hydrogen-bond acceptors (Lipinski definition) is 10. The van der Waals surface area contributed by atoms with E-state index in [2.05, 4.69) is 25.6 Å². The zero-order valence-electron chi connectivity index (χ0n) is 28.5. The largest absolute Gasteiger partial charge is 0.479 e. The van der Waals surface area contributed by atoms with Crippen molar-refractivity contribution in [2.24, 2.45) is 17.8 Å². The predicted octanol–water partition coefficient (Wildman–Crippen LogP) is 2.51. The fraction of sp³-hybridized carbons (Fsp3) is 0.588. The minimum Gasteiger partial charge on any atom is -0.479 e. The molecule has 15 nitrogen and oxygen atoms in total. The van der Waals surface area contributed by atoms with Gasteiger partial charge >= 0.3 is 6.09 Å². The van der Waals surface area contributed by atoms with Crippen LogP contribution in [0, 0.1) is 17.8 Å². The maximum Gasteiger partial charge on any atom is 0.405 e. The molecular weight excluding hydrogens is 668 g/mol. The Balaban J connectivity index is 1.34. The van der Waals surface area contributed by atoms with Crippen molar-refractivity contribution in [3.63, 3.8) is 0 Å². The van der Waals surface area contributed by atoms with Crippen LogP contribution < -0.4 is 24.8 Å². The molecule has 0 radical (unpaired) electrons. The smallest absolute Gasteiger partial charge is 0.405 e. The van der Waals surface area contributed by atoms with Gasteiger partial charge in [0.1, 0.15) is 23.7 Å². The Morgan fingerprint density at radius 3 is 2.42 bits per heavy atom. The highest BCUT2D eigenvalue weighted by molar-refractivity contribution is 7.91. The SMILES string of the molecule is COc1nnc(O[C@@H]2C[C@H]3C(=O)N[C@]4(C(=O)NS(=O)(=O)C5(C)CC5)C[C@H]4C=CCC[C@@H](C)C[C@@H](C)[C@H](NC(=O)O)C(=O)N3C2)c2ccccc12. The number of methoxy groups -OCH3 is 1. The molecule has 16 heteroatoms. The van der Waals surface area contributed by atoms with Gasteiger partial charge in [0.05, 0.1) is 29.2 Å². The van der Waals surface area contributed by atoms with Crippen LogP contribution >= 0.6 is 0 Å². The molecule has 0 spiro atoms. The zero-order valence-corrected chi connectivity index (χ0v) is 29.4. The lowest BCUT2D eigenvalue weighted by Crippen LogP contribution is -2.59. The van der Waals surface area contributed by atoms with Crippen LogP contribution in [0.5, 0.6) is 11.8 Å². The Hall–Kier alpha value is -4.47. The average molecular weight is 713 g/mol. The van der Waals surface area contributed by atoms with Crippen molar-refractivity contribution in [3.05, 3.63) is 36.4 Å². The van der Waals surface area contributed by atoms with Gasteiger partial charge < -0.3 is 30.1 Å². The highest BCUT2D eigenvalue weighted by Gasteiger charge is 2.63. The number of ether oxygens (including phenoxy) is 2. The lowest BCUT2D eigenvalue weighted by molar-refractivity contribution is -0.142. The first kappa shape index (κ1) is 35.4. The third-order valence-electron chi connectivity index (χ3n) is 10.6. The standard InChI is InChI=1S/C34H44N6O9S/c1-19-9-5-6-10-21-17-34(21,31(43)39-50(46,47)33(3)13-14-33)36-27(41)25-16-22(18-40(25)30(42)26(20(2)15-19)35-32(44)45)49-29-24-12-8-7-11-23(24)28(48-4)37-38-29/h6-8,10-12,19-22,25-26,35H,5,9,13-18H2,1-4H3,(H,36,41)(H,39,43)(H,44,45)/t19-,20-,21-,22-,25+,26+,34-/m1/s1. The topological polar surface area (TPSA) is 206 Å². The van der Waals surface area contributed by atoms with Crippen molar-refractivity contribution < 1.29 is 42.2 Å². The lowest BCUT2D eigenvalue weighted by Gasteiger charge is -2.32. The summed E-state index contributed by atoms with van der Waals surface area (Å²) in [6.45, 7) is 5.31. The Morgan fingerprint density at radius 2 is 1.76 bits per heavy atom. The molecule has 50 heavy (non-hydrogen) atoms. The van der Waals surface area contributed by atoms with E-state index >= 15 is 0 Å². The van der Waals surface area contributed by atoms with Crippen LogP contribution in [0.2, 0.25) is 0 Å². The van der Waals surface area contributed by atoms with Gasteiger partial charge in [-0.2, -0.15) is 0 Å². The van der Waals surface area contributed by atoms with Gasteiger partial charge in [0.15, 0.2) is 0 Å². The summed E-state index contributed by atoms with van der Waals surface area (Å²) in [6, 6.07) is 4.84. The van der Waals surface area contributed by atoms with Crippen molar-refractivity contribution in [2.75, 3.05) is 13.7 Å². The minimum atomic E-state index is -4.00. The number of fused-ring (bicyclic) bond motifs is 3. The molecule has 4 aliphatic rings. The molecule has 6 rings (SSSR count). The molecule has 3 fully saturated rings. The number of nitrogens with zero attached hydrogens (tertiary/aromatic N) is 3. The molecule has 3 heterocycles. The number of benzene rings is 1. The molecule has 4 amide bonds. The number of hydrogen-bond donors (Lipinski definition) is 4. The number of allylic oxidation sites excluding steroid dienone is 1. The Kier molecular flexibility index (Phi) is 9.43. The zero-order chi connectivity index (χ0) is 36.0. The first-order valence-corrected chi connectivity index (χ1v) is 18.5. The quantitative estimate of drug-likeness (QED) is 0.307. The maximum atomic E-state index is 14.3. The van der Waals surface area contributed by atoms with Crippen molar-refractivity contribution in [2.45, 2.75) is 94.2 Å². The summed E-state index contributed by atoms with van der Waals surface area (Å²) < 4.78 is 39.0. The molecule has 2 aliphatic heterocycles. The second kappa shape index (κ2) is 13.3. The van der Waals surface area contributed by atoms with Gasteiger partial charge in [0, 0.05) is 12.3 Å². The van der Waals surface area contributed by atoms with Crippen molar-refractivity contribution in [3.8, 4) is 11.8 Å². The Morgan fingerprint density at radius 1 is 1.08 bits per heavy atom. The average Bonchev–Trinajstić information content (AvgIpc) is 3.95. The summed E-state index contributed by atoms with van der Waals surface area (Å²) in [5.74, 6) is -2.42. The molecule has 1 aromatic carbocycles. The van der Waals surface area contributed by atoms with Crippen LogP contribution in [0.15, 0.2) is 36.4 Å². The normalized spacial score (nSPS) is 30.9. The van der Waals surface area contributed by atoms with E-state index in [0.29, 0.717) is 42.3 Å². The molecule has 0 bridgehead atoms. The molecular formula is C34H44N6O9S. The van der Waals surface area contributed by atoms with Crippen LogP contribution in [0.3, 0.4) is 0 Å². The molecule has 0 unspecified atom stereocenters. The number of sulfonamides is 1. The molecule has 2 aromatic rings. The van der Waals surface area contributed by atoms with Gasteiger partial charge in [-0.1, -0.05) is 38.1 Å². The third kappa shape index (κ3) is 6.81. The number of nitrogens with one attached hydrogen (secondary N) is 3. The Labute approximate surface area is 290 Å². The van der Waals surface area contributed by atoms with E-state index in [1.807, 2.05) is 25.1 Å². The van der Waals surface area contributed by atoms with E-state index < -0.39 is 74.1 Å². The van der Waals surface area contributed by atoms with Gasteiger partial charge in [0.2, 0.25) is 33.6 Å². The fourth-order valence-electron chi connectivity index (χ4n) is 7.18. The summed E-state index contributed by atoms with van der Waals surface area (Å²) in [6.07, 6.45) is 4.55. The number of aromatic nitrogens is 2. The summed E-state index contributed by atoms with van der Waals surface area (Å²) in [4.78, 5) is 55.6. The second-order valence-corrected chi connectivity index (χ2v) is 16.6. The molecule has 270 valence electrons. The molecule has 1 saturated heterocycles. The summed E-state index contributed by atoms with van der Waals surface area (Å²) in [5, 5.41) is 24.5. The van der Waals surface area contributed by atoms with Gasteiger partial charge in [-0.15, -0.1) is 10.2 Å². The number of carbonyl (C=O) groups is 4.